The molecule has 1 aliphatic rings. The van der Waals surface area contributed by atoms with Crippen molar-refractivity contribution < 1.29 is 19.4 Å². The van der Waals surface area contributed by atoms with E-state index in [1.54, 1.807) is 16.5 Å². The van der Waals surface area contributed by atoms with Crippen LogP contribution in [-0.2, 0) is 27.1 Å². The van der Waals surface area contributed by atoms with Crippen LogP contribution in [0, 0.1) is 27.7 Å². The lowest BCUT2D eigenvalue weighted by atomic mass is 9.98. The molecule has 0 unspecified atom stereocenters. The monoisotopic (exact) mass is 711 g/mol. The maximum absolute atomic E-state index is 15.1. The number of aryl methyl sites for hydroxylation is 6. The van der Waals surface area contributed by atoms with Gasteiger partial charge in [0.05, 0.1) is 40.1 Å². The van der Waals surface area contributed by atoms with Gasteiger partial charge in [-0.25, -0.2) is 4.79 Å². The molecule has 0 aliphatic carbocycles. The molecule has 1 aliphatic heterocycles. The summed E-state index contributed by atoms with van der Waals surface area (Å²) in [5.41, 5.74) is 9.01. The van der Waals surface area contributed by atoms with Crippen molar-refractivity contribution in [3.05, 3.63) is 98.0 Å². The second-order valence-electron chi connectivity index (χ2n) is 13.4. The Labute approximate surface area is 300 Å². The number of carbonyl (C=O) groups excluding carboxylic acids is 1. The van der Waals surface area contributed by atoms with Gasteiger partial charge < -0.3 is 19.0 Å². The molecule has 6 aromatic rings. The van der Waals surface area contributed by atoms with Gasteiger partial charge in [-0.1, -0.05) is 47.5 Å². The highest BCUT2D eigenvalue weighted by Crippen LogP contribution is 2.45. The van der Waals surface area contributed by atoms with Crippen LogP contribution in [0.4, 0.5) is 5.69 Å². The van der Waals surface area contributed by atoms with Crippen LogP contribution in [0.2, 0.25) is 10.0 Å². The molecule has 0 spiro atoms. The van der Waals surface area contributed by atoms with E-state index in [4.69, 9.17) is 33.0 Å². The maximum Gasteiger partial charge on any atom is 0.354 e. The molecule has 7 rings (SSSR count). The fourth-order valence-corrected chi connectivity index (χ4v) is 8.17. The van der Waals surface area contributed by atoms with Crippen LogP contribution >= 0.6 is 23.2 Å². The number of halogens is 2. The molecule has 4 heterocycles. The first-order chi connectivity index (χ1) is 23.8. The highest BCUT2D eigenvalue weighted by Gasteiger charge is 2.40. The highest BCUT2D eigenvalue weighted by atomic mass is 35.5. The van der Waals surface area contributed by atoms with E-state index in [9.17, 15) is 9.90 Å². The van der Waals surface area contributed by atoms with Crippen LogP contribution in [0.25, 0.3) is 32.9 Å². The molecule has 9 nitrogen and oxygen atoms in total. The van der Waals surface area contributed by atoms with Gasteiger partial charge in [-0.2, -0.15) is 5.10 Å². The summed E-state index contributed by atoms with van der Waals surface area (Å²) < 4.78 is 11.8. The number of nitrogens with zero attached hydrogens (tertiary/aromatic N) is 5. The highest BCUT2D eigenvalue weighted by molar-refractivity contribution is 6.35. The Morgan fingerprint density at radius 2 is 1.70 bits per heavy atom. The fourth-order valence-electron chi connectivity index (χ4n) is 7.82. The summed E-state index contributed by atoms with van der Waals surface area (Å²) in [6.07, 6.45) is 1.18. The van der Waals surface area contributed by atoms with Gasteiger partial charge in [-0.15, -0.1) is 0 Å². The first kappa shape index (κ1) is 33.8. The van der Waals surface area contributed by atoms with Gasteiger partial charge in [-0.05, 0) is 88.4 Å². The van der Waals surface area contributed by atoms with Gasteiger partial charge in [0, 0.05) is 53.3 Å². The molecule has 1 N–H and O–H groups in total. The van der Waals surface area contributed by atoms with Gasteiger partial charge in [0.15, 0.2) is 5.69 Å². The summed E-state index contributed by atoms with van der Waals surface area (Å²) in [7, 11) is 3.64. The molecule has 258 valence electrons. The van der Waals surface area contributed by atoms with Crippen LogP contribution in [0.3, 0.4) is 0 Å². The van der Waals surface area contributed by atoms with Crippen LogP contribution in [0.15, 0.2) is 48.5 Å². The Hall–Kier alpha value is -4.73. The van der Waals surface area contributed by atoms with Gasteiger partial charge >= 0.3 is 5.97 Å². The minimum Gasteiger partial charge on any atom is -0.494 e. The summed E-state index contributed by atoms with van der Waals surface area (Å²) in [6.45, 7) is 10.7. The number of carboxylic acid groups (broad SMARTS) is 1. The smallest absolute Gasteiger partial charge is 0.354 e. The van der Waals surface area contributed by atoms with Gasteiger partial charge in [-0.3, -0.25) is 14.4 Å². The van der Waals surface area contributed by atoms with Gasteiger partial charge in [0.1, 0.15) is 11.4 Å². The van der Waals surface area contributed by atoms with Crippen molar-refractivity contribution in [3.8, 4) is 16.9 Å². The SMILES string of the molecule is Cc1cc(OCCCc2c3n(c4c(-c5c(C)nn(C)c5C)c(Cl)ccc24)C[C@@H](C)N(c2c(C(=O)O)n(C)c4ccccc24)C3=O)cc(C)c1Cl. The Bertz CT molecular complexity index is 2360. The molecular formula is C39H39Cl2N5O4. The average Bonchev–Trinajstić information content (AvgIpc) is 3.63. The zero-order valence-electron chi connectivity index (χ0n) is 29.2. The van der Waals surface area contributed by atoms with Crippen LogP contribution in [0.5, 0.6) is 5.75 Å². The summed E-state index contributed by atoms with van der Waals surface area (Å²) in [5, 5.41) is 18.1. The van der Waals surface area contributed by atoms with E-state index in [2.05, 4.69) is 4.57 Å². The average molecular weight is 713 g/mol. The molecular weight excluding hydrogens is 673 g/mol. The Balaban J connectivity index is 1.40. The van der Waals surface area contributed by atoms with Crippen molar-refractivity contribution in [3.63, 3.8) is 0 Å². The van der Waals surface area contributed by atoms with E-state index in [1.165, 1.54) is 0 Å². The Morgan fingerprint density at radius 3 is 2.36 bits per heavy atom. The zero-order valence-corrected chi connectivity index (χ0v) is 30.7. The van der Waals surface area contributed by atoms with E-state index in [1.807, 2.05) is 94.9 Å². The molecule has 3 aromatic carbocycles. The first-order valence-electron chi connectivity index (χ1n) is 16.7. The van der Waals surface area contributed by atoms with E-state index in [0.29, 0.717) is 47.8 Å². The van der Waals surface area contributed by atoms with Crippen molar-refractivity contribution in [2.24, 2.45) is 14.1 Å². The number of carbonyl (C=O) groups is 2. The molecule has 50 heavy (non-hydrogen) atoms. The van der Waals surface area contributed by atoms with E-state index in [-0.39, 0.29) is 17.6 Å². The van der Waals surface area contributed by atoms with Crippen LogP contribution in [0.1, 0.15) is 62.4 Å². The Morgan fingerprint density at radius 1 is 1.00 bits per heavy atom. The zero-order chi connectivity index (χ0) is 35.8. The van der Waals surface area contributed by atoms with E-state index >= 15 is 4.79 Å². The van der Waals surface area contributed by atoms with Crippen molar-refractivity contribution in [1.29, 1.82) is 0 Å². The second-order valence-corrected chi connectivity index (χ2v) is 14.1. The second kappa shape index (κ2) is 12.5. The number of hydrogen-bond donors (Lipinski definition) is 1. The number of aromatic nitrogens is 4. The van der Waals surface area contributed by atoms with Crippen LogP contribution < -0.4 is 9.64 Å². The molecule has 1 amide bonds. The number of hydrogen-bond acceptors (Lipinski definition) is 4. The standard InChI is InChI=1S/C39H39Cl2N5O4/c1-20-17-25(18-21(2)33(20)41)50-16-10-12-26-27-14-15-29(40)32(31-23(4)42-44(7)24(31)5)34(27)45-19-22(3)46(38(47)36(26)45)35-28-11-8-9-13-30(28)43(6)37(35)39(48)49/h8-9,11,13-15,17-18,22H,10,12,16,19H2,1-7H3,(H,48,49)/t22-/m1/s1. The molecule has 3 aromatic heterocycles. The number of rotatable bonds is 8. The Kier molecular flexibility index (Phi) is 8.47. The first-order valence-corrected chi connectivity index (χ1v) is 17.4. The fraction of sp³-hybridized carbons (Fsp3) is 0.308. The summed E-state index contributed by atoms with van der Waals surface area (Å²) in [4.78, 5) is 29.5. The number of carboxylic acids is 1. The molecule has 0 radical (unpaired) electrons. The third kappa shape index (κ3) is 5.17. The lowest BCUT2D eigenvalue weighted by Gasteiger charge is -2.35. The number of aromatic carboxylic acids is 1. The minimum atomic E-state index is -1.09. The van der Waals surface area contributed by atoms with Crippen molar-refractivity contribution in [2.45, 2.75) is 60.0 Å². The van der Waals surface area contributed by atoms with Gasteiger partial charge in [0.2, 0.25) is 0 Å². The lowest BCUT2D eigenvalue weighted by Crippen LogP contribution is -2.47. The predicted octanol–water partition coefficient (Wildman–Crippen LogP) is 8.83. The lowest BCUT2D eigenvalue weighted by molar-refractivity contribution is 0.0687. The quantitative estimate of drug-likeness (QED) is 0.159. The number of amides is 1. The topological polar surface area (TPSA) is 94.5 Å². The number of ether oxygens (including phenoxy) is 1. The van der Waals surface area contributed by atoms with Crippen molar-refractivity contribution >= 4 is 62.6 Å². The van der Waals surface area contributed by atoms with Gasteiger partial charge in [0.25, 0.3) is 5.91 Å². The number of para-hydroxylation sites is 1. The van der Waals surface area contributed by atoms with Crippen molar-refractivity contribution in [2.75, 3.05) is 11.5 Å². The number of anilines is 1. The molecule has 11 heteroatoms. The number of benzene rings is 3. The van der Waals surface area contributed by atoms with E-state index in [0.717, 1.165) is 66.4 Å². The predicted molar refractivity (Wildman–Crippen MR) is 200 cm³/mol. The van der Waals surface area contributed by atoms with Crippen LogP contribution in [-0.4, -0.2) is 48.5 Å². The molecule has 0 fully saturated rings. The number of fused-ring (bicyclic) bond motifs is 4. The summed E-state index contributed by atoms with van der Waals surface area (Å²) in [6, 6.07) is 14.9. The normalized spacial score (nSPS) is 14.6. The maximum atomic E-state index is 15.1. The summed E-state index contributed by atoms with van der Waals surface area (Å²) >= 11 is 13.4. The summed E-state index contributed by atoms with van der Waals surface area (Å²) in [5.74, 6) is -0.593. The minimum absolute atomic E-state index is 0.0739. The molecule has 0 saturated heterocycles. The molecule has 1 atom stereocenters. The third-order valence-electron chi connectivity index (χ3n) is 10.1. The van der Waals surface area contributed by atoms with Crippen molar-refractivity contribution in [1.82, 2.24) is 18.9 Å². The van der Waals surface area contributed by atoms with E-state index < -0.39 is 5.97 Å². The third-order valence-corrected chi connectivity index (χ3v) is 11.0. The molecule has 0 saturated carbocycles. The largest absolute Gasteiger partial charge is 0.494 e. The molecule has 0 bridgehead atoms.